The van der Waals surface area contributed by atoms with Crippen molar-refractivity contribution in [3.63, 3.8) is 0 Å². The highest BCUT2D eigenvalue weighted by Gasteiger charge is 2.55. The first-order chi connectivity index (χ1) is 8.51. The lowest BCUT2D eigenvalue weighted by Gasteiger charge is -2.28. The van der Waals surface area contributed by atoms with Gasteiger partial charge in [-0.1, -0.05) is 5.16 Å². The fourth-order valence-electron chi connectivity index (χ4n) is 2.77. The van der Waals surface area contributed by atoms with Crippen molar-refractivity contribution in [3.05, 3.63) is 0 Å². The number of hydrogen-bond donors (Lipinski definition) is 2. The molecule has 6 nitrogen and oxygen atoms in total. The lowest BCUT2D eigenvalue weighted by molar-refractivity contribution is -0.133. The zero-order valence-electron chi connectivity index (χ0n) is 11.1. The summed E-state index contributed by atoms with van der Waals surface area (Å²) >= 11 is 0. The Hall–Kier alpha value is -1.30. The summed E-state index contributed by atoms with van der Waals surface area (Å²) in [6, 6.07) is 0.432. The van der Waals surface area contributed by atoms with Crippen LogP contribution in [-0.2, 0) is 4.79 Å². The van der Waals surface area contributed by atoms with Crippen LogP contribution in [0.4, 0.5) is 0 Å². The van der Waals surface area contributed by atoms with Crippen LogP contribution in [0.5, 0.6) is 0 Å². The molecule has 2 aliphatic rings. The number of nitrogens with two attached hydrogens (primary N) is 1. The zero-order valence-corrected chi connectivity index (χ0v) is 11.1. The van der Waals surface area contributed by atoms with Crippen molar-refractivity contribution in [3.8, 4) is 0 Å². The molecule has 1 aliphatic heterocycles. The molecule has 1 saturated carbocycles. The fraction of sp³-hybridized carbons (Fsp3) is 0.833. The highest BCUT2D eigenvalue weighted by Crippen LogP contribution is 2.47. The SMILES string of the molecule is CN(CC1CCCN1C)C(=O)C1(C(N)=NO)CC1. The van der Waals surface area contributed by atoms with Crippen molar-refractivity contribution in [1.82, 2.24) is 9.80 Å². The molecule has 1 unspecified atom stereocenters. The predicted molar refractivity (Wildman–Crippen MR) is 68.4 cm³/mol. The smallest absolute Gasteiger partial charge is 0.236 e. The first-order valence-corrected chi connectivity index (χ1v) is 6.45. The summed E-state index contributed by atoms with van der Waals surface area (Å²) in [5.74, 6) is 0.0391. The molecule has 0 aromatic carbocycles. The van der Waals surface area contributed by atoms with E-state index in [1.165, 1.54) is 6.42 Å². The molecule has 0 aromatic rings. The summed E-state index contributed by atoms with van der Waals surface area (Å²) in [6.07, 6.45) is 3.69. The van der Waals surface area contributed by atoms with Gasteiger partial charge in [-0.05, 0) is 39.3 Å². The highest BCUT2D eigenvalue weighted by atomic mass is 16.4. The van der Waals surface area contributed by atoms with Crippen LogP contribution < -0.4 is 5.73 Å². The first kappa shape index (κ1) is 13.1. The van der Waals surface area contributed by atoms with Crippen molar-refractivity contribution >= 4 is 11.7 Å². The van der Waals surface area contributed by atoms with Crippen LogP contribution >= 0.6 is 0 Å². The van der Waals surface area contributed by atoms with Gasteiger partial charge in [-0.3, -0.25) is 4.79 Å². The van der Waals surface area contributed by atoms with E-state index in [1.54, 1.807) is 11.9 Å². The third kappa shape index (κ3) is 2.16. The molecule has 6 heteroatoms. The minimum Gasteiger partial charge on any atom is -0.409 e. The Bertz CT molecular complexity index is 365. The molecule has 1 aliphatic carbocycles. The van der Waals surface area contributed by atoms with E-state index >= 15 is 0 Å². The Balaban J connectivity index is 1.97. The van der Waals surface area contributed by atoms with Crippen LogP contribution in [0, 0.1) is 5.41 Å². The Morgan fingerprint density at radius 2 is 2.28 bits per heavy atom. The number of likely N-dealkylation sites (tertiary alicyclic amines) is 1. The molecule has 102 valence electrons. The monoisotopic (exact) mass is 254 g/mol. The van der Waals surface area contributed by atoms with Crippen LogP contribution in [0.3, 0.4) is 0 Å². The van der Waals surface area contributed by atoms with Gasteiger partial charge in [-0.25, -0.2) is 0 Å². The molecule has 1 atom stereocenters. The van der Waals surface area contributed by atoms with Crippen LogP contribution in [0.15, 0.2) is 5.16 Å². The van der Waals surface area contributed by atoms with Crippen LogP contribution in [0.25, 0.3) is 0 Å². The number of rotatable bonds is 4. The molecule has 1 heterocycles. The Morgan fingerprint density at radius 3 is 2.72 bits per heavy atom. The molecule has 0 bridgehead atoms. The second-order valence-electron chi connectivity index (χ2n) is 5.53. The van der Waals surface area contributed by atoms with Crippen LogP contribution in [-0.4, -0.2) is 60.0 Å². The molecule has 1 saturated heterocycles. The van der Waals surface area contributed by atoms with Crippen LogP contribution in [0.1, 0.15) is 25.7 Å². The number of likely N-dealkylation sites (N-methyl/N-ethyl adjacent to an activating group) is 2. The van der Waals surface area contributed by atoms with E-state index in [0.29, 0.717) is 18.9 Å². The maximum absolute atomic E-state index is 12.4. The van der Waals surface area contributed by atoms with Crippen molar-refractivity contribution in [2.45, 2.75) is 31.7 Å². The van der Waals surface area contributed by atoms with Crippen molar-refractivity contribution in [1.29, 1.82) is 0 Å². The molecule has 0 aromatic heterocycles. The second kappa shape index (κ2) is 4.76. The Labute approximate surface area is 107 Å². The minimum absolute atomic E-state index is 0.0156. The minimum atomic E-state index is -0.722. The lowest BCUT2D eigenvalue weighted by Crippen LogP contribution is -2.46. The number of carbonyl (C=O) groups is 1. The number of hydrogen-bond acceptors (Lipinski definition) is 4. The molecule has 2 fully saturated rings. The molecule has 0 radical (unpaired) electrons. The van der Waals surface area contributed by atoms with Gasteiger partial charge in [-0.15, -0.1) is 0 Å². The van der Waals surface area contributed by atoms with Gasteiger partial charge >= 0.3 is 0 Å². The van der Waals surface area contributed by atoms with Gasteiger partial charge in [0.25, 0.3) is 0 Å². The van der Waals surface area contributed by atoms with Gasteiger partial charge in [0.1, 0.15) is 5.41 Å². The summed E-state index contributed by atoms with van der Waals surface area (Å²) in [5, 5.41) is 11.8. The standard InChI is InChI=1S/C12H22N4O2/c1-15-7-3-4-9(15)8-16(2)11(17)12(5-6-12)10(13)14-18/h9,18H,3-8H2,1-2H3,(H2,13,14). The van der Waals surface area contributed by atoms with Gasteiger partial charge in [-0.2, -0.15) is 0 Å². The Morgan fingerprint density at radius 1 is 1.61 bits per heavy atom. The number of amides is 1. The Kier molecular flexibility index (Phi) is 3.47. The van der Waals surface area contributed by atoms with Gasteiger partial charge in [0.2, 0.25) is 5.91 Å². The topological polar surface area (TPSA) is 82.2 Å². The van der Waals surface area contributed by atoms with E-state index in [9.17, 15) is 4.79 Å². The van der Waals surface area contributed by atoms with E-state index in [-0.39, 0.29) is 11.7 Å². The number of amidine groups is 1. The predicted octanol–water partition coefficient (Wildman–Crippen LogP) is 0.0656. The molecule has 0 spiro atoms. The third-order valence-electron chi connectivity index (χ3n) is 4.26. The second-order valence-corrected chi connectivity index (χ2v) is 5.53. The van der Waals surface area contributed by atoms with Crippen molar-refractivity contribution in [2.75, 3.05) is 27.2 Å². The number of carbonyl (C=O) groups excluding carboxylic acids is 1. The largest absolute Gasteiger partial charge is 0.409 e. The molecule has 18 heavy (non-hydrogen) atoms. The molecule has 1 amide bonds. The average molecular weight is 254 g/mol. The van der Waals surface area contributed by atoms with Gasteiger partial charge in [0.15, 0.2) is 5.84 Å². The normalized spacial score (nSPS) is 27.2. The average Bonchev–Trinajstić information content (AvgIpc) is 3.08. The number of oxime groups is 1. The van der Waals surface area contributed by atoms with E-state index in [1.807, 2.05) is 0 Å². The maximum Gasteiger partial charge on any atom is 0.236 e. The van der Waals surface area contributed by atoms with Gasteiger partial charge < -0.3 is 20.7 Å². The summed E-state index contributed by atoms with van der Waals surface area (Å²) < 4.78 is 0. The van der Waals surface area contributed by atoms with Crippen molar-refractivity contribution in [2.24, 2.45) is 16.3 Å². The highest BCUT2D eigenvalue weighted by molar-refractivity contribution is 6.09. The van der Waals surface area contributed by atoms with Crippen molar-refractivity contribution < 1.29 is 10.0 Å². The third-order valence-corrected chi connectivity index (χ3v) is 4.26. The molecule has 2 rings (SSSR count). The van der Waals surface area contributed by atoms with E-state index in [2.05, 4.69) is 17.1 Å². The lowest BCUT2D eigenvalue weighted by atomic mass is 10.0. The summed E-state index contributed by atoms with van der Waals surface area (Å²) in [4.78, 5) is 16.4. The molecular formula is C12H22N4O2. The van der Waals surface area contributed by atoms with E-state index in [0.717, 1.165) is 19.5 Å². The summed E-state index contributed by atoms with van der Waals surface area (Å²) in [5.41, 5.74) is 4.91. The summed E-state index contributed by atoms with van der Waals surface area (Å²) in [7, 11) is 3.89. The van der Waals surface area contributed by atoms with E-state index in [4.69, 9.17) is 10.9 Å². The maximum atomic E-state index is 12.4. The zero-order chi connectivity index (χ0) is 13.3. The molecular weight excluding hydrogens is 232 g/mol. The first-order valence-electron chi connectivity index (χ1n) is 6.45. The quantitative estimate of drug-likeness (QED) is 0.322. The fourth-order valence-corrected chi connectivity index (χ4v) is 2.77. The summed E-state index contributed by atoms with van der Waals surface area (Å²) in [6.45, 7) is 1.81. The van der Waals surface area contributed by atoms with Crippen LogP contribution in [0.2, 0.25) is 0 Å². The number of nitrogens with zero attached hydrogens (tertiary/aromatic N) is 3. The van der Waals surface area contributed by atoms with Gasteiger partial charge in [0.05, 0.1) is 0 Å². The molecule has 3 N–H and O–H groups in total. The van der Waals surface area contributed by atoms with E-state index < -0.39 is 5.41 Å². The van der Waals surface area contributed by atoms with Gasteiger partial charge in [0, 0.05) is 19.6 Å².